The van der Waals surface area contributed by atoms with E-state index in [1.54, 1.807) is 7.05 Å². The molecule has 3 rings (SSSR count). The van der Waals surface area contributed by atoms with Crippen LogP contribution < -0.4 is 20.1 Å². The Balaban J connectivity index is 1.34. The molecule has 7 heteroatoms. The van der Waals surface area contributed by atoms with Gasteiger partial charge in [-0.3, -0.25) is 9.89 Å². The molecule has 0 unspecified atom stereocenters. The van der Waals surface area contributed by atoms with Gasteiger partial charge in [-0.15, -0.1) is 0 Å². The van der Waals surface area contributed by atoms with E-state index in [-0.39, 0.29) is 0 Å². The first-order valence-corrected chi connectivity index (χ1v) is 10.5. The number of guanidine groups is 1. The highest BCUT2D eigenvalue weighted by Crippen LogP contribution is 2.13. The second kappa shape index (κ2) is 12.7. The number of para-hydroxylation sites is 1. The molecule has 162 valence electrons. The fraction of sp³-hybridized carbons (Fsp3) is 0.435. The first-order valence-electron chi connectivity index (χ1n) is 10.5. The van der Waals surface area contributed by atoms with Crippen LogP contribution in [0.2, 0.25) is 0 Å². The predicted molar refractivity (Wildman–Crippen MR) is 119 cm³/mol. The Labute approximate surface area is 179 Å². The summed E-state index contributed by atoms with van der Waals surface area (Å²) in [5.74, 6) is 2.50. The molecule has 0 bridgehead atoms. The van der Waals surface area contributed by atoms with Crippen molar-refractivity contribution in [2.45, 2.75) is 6.54 Å². The van der Waals surface area contributed by atoms with Gasteiger partial charge < -0.3 is 24.8 Å². The number of hydrogen-bond acceptors (Lipinski definition) is 5. The highest BCUT2D eigenvalue weighted by atomic mass is 16.5. The van der Waals surface area contributed by atoms with E-state index in [0.29, 0.717) is 26.3 Å². The van der Waals surface area contributed by atoms with Gasteiger partial charge in [0.05, 0.1) is 19.8 Å². The molecule has 1 heterocycles. The molecule has 1 saturated heterocycles. The van der Waals surface area contributed by atoms with Crippen LogP contribution in [0.3, 0.4) is 0 Å². The van der Waals surface area contributed by atoms with Crippen LogP contribution in [0, 0.1) is 0 Å². The molecule has 0 amide bonds. The topological polar surface area (TPSA) is 67.4 Å². The molecule has 0 aliphatic carbocycles. The summed E-state index contributed by atoms with van der Waals surface area (Å²) >= 11 is 0. The van der Waals surface area contributed by atoms with Gasteiger partial charge in [0.1, 0.15) is 24.7 Å². The van der Waals surface area contributed by atoms with E-state index in [0.717, 1.165) is 55.9 Å². The molecule has 2 aromatic rings. The summed E-state index contributed by atoms with van der Waals surface area (Å²) in [6.07, 6.45) is 0. The number of nitrogens with one attached hydrogen (secondary N) is 2. The second-order valence-electron chi connectivity index (χ2n) is 6.96. The van der Waals surface area contributed by atoms with E-state index in [1.165, 1.54) is 0 Å². The van der Waals surface area contributed by atoms with Crippen LogP contribution in [-0.4, -0.2) is 70.5 Å². The monoisotopic (exact) mass is 412 g/mol. The highest BCUT2D eigenvalue weighted by molar-refractivity contribution is 5.79. The van der Waals surface area contributed by atoms with Crippen molar-refractivity contribution in [3.63, 3.8) is 0 Å². The maximum absolute atomic E-state index is 5.93. The Hall–Kier alpha value is -2.77. The van der Waals surface area contributed by atoms with Crippen molar-refractivity contribution in [2.75, 3.05) is 59.7 Å². The summed E-state index contributed by atoms with van der Waals surface area (Å²) in [5, 5.41) is 6.59. The van der Waals surface area contributed by atoms with Gasteiger partial charge in [0.2, 0.25) is 0 Å². The van der Waals surface area contributed by atoms with Crippen LogP contribution in [0.5, 0.6) is 11.5 Å². The lowest BCUT2D eigenvalue weighted by Crippen LogP contribution is -2.39. The second-order valence-corrected chi connectivity index (χ2v) is 6.96. The van der Waals surface area contributed by atoms with Crippen LogP contribution in [0.15, 0.2) is 59.6 Å². The predicted octanol–water partition coefficient (Wildman–Crippen LogP) is 2.14. The van der Waals surface area contributed by atoms with Crippen molar-refractivity contribution in [3.05, 3.63) is 60.2 Å². The lowest BCUT2D eigenvalue weighted by Gasteiger charge is -2.26. The zero-order valence-electron chi connectivity index (χ0n) is 17.7. The lowest BCUT2D eigenvalue weighted by molar-refractivity contribution is 0.0322. The molecule has 2 aromatic carbocycles. The third-order valence-corrected chi connectivity index (χ3v) is 4.77. The van der Waals surface area contributed by atoms with Crippen LogP contribution in [0.4, 0.5) is 0 Å². The molecular formula is C23H32N4O3. The van der Waals surface area contributed by atoms with Crippen LogP contribution in [0.1, 0.15) is 5.56 Å². The van der Waals surface area contributed by atoms with Crippen LogP contribution >= 0.6 is 0 Å². The third-order valence-electron chi connectivity index (χ3n) is 4.77. The highest BCUT2D eigenvalue weighted by Gasteiger charge is 2.09. The average Bonchev–Trinajstić information content (AvgIpc) is 2.80. The Bertz CT molecular complexity index is 764. The SMILES string of the molecule is CN=C(NCCOc1ccccc1)NCc1cccc(OCCN2CCOCC2)c1. The number of aliphatic imine (C=N–C) groups is 1. The quantitative estimate of drug-likeness (QED) is 0.354. The Morgan fingerprint density at radius 3 is 2.53 bits per heavy atom. The lowest BCUT2D eigenvalue weighted by atomic mass is 10.2. The molecular weight excluding hydrogens is 380 g/mol. The van der Waals surface area contributed by atoms with Crippen molar-refractivity contribution in [1.82, 2.24) is 15.5 Å². The minimum atomic E-state index is 0.567. The van der Waals surface area contributed by atoms with Gasteiger partial charge in [0, 0.05) is 33.2 Å². The van der Waals surface area contributed by atoms with E-state index >= 15 is 0 Å². The van der Waals surface area contributed by atoms with Crippen molar-refractivity contribution < 1.29 is 14.2 Å². The molecule has 1 aliphatic heterocycles. The summed E-state index contributed by atoms with van der Waals surface area (Å²) in [6, 6.07) is 18.0. The Kier molecular flexibility index (Phi) is 9.30. The molecule has 1 aliphatic rings. The summed E-state index contributed by atoms with van der Waals surface area (Å²) in [7, 11) is 1.76. The van der Waals surface area contributed by atoms with E-state index in [2.05, 4.69) is 32.7 Å². The van der Waals surface area contributed by atoms with E-state index in [4.69, 9.17) is 14.2 Å². The number of nitrogens with zero attached hydrogens (tertiary/aromatic N) is 2. The molecule has 0 spiro atoms. The molecule has 7 nitrogen and oxygen atoms in total. The summed E-state index contributed by atoms with van der Waals surface area (Å²) < 4.78 is 17.0. The van der Waals surface area contributed by atoms with Gasteiger partial charge >= 0.3 is 0 Å². The van der Waals surface area contributed by atoms with Gasteiger partial charge in [-0.2, -0.15) is 0 Å². The van der Waals surface area contributed by atoms with Gasteiger partial charge in [0.15, 0.2) is 5.96 Å². The molecule has 0 aromatic heterocycles. The van der Waals surface area contributed by atoms with Crippen molar-refractivity contribution in [2.24, 2.45) is 4.99 Å². The Morgan fingerprint density at radius 2 is 1.73 bits per heavy atom. The fourth-order valence-corrected chi connectivity index (χ4v) is 3.12. The smallest absolute Gasteiger partial charge is 0.191 e. The number of rotatable bonds is 10. The molecule has 2 N–H and O–H groups in total. The average molecular weight is 413 g/mol. The number of morpholine rings is 1. The minimum absolute atomic E-state index is 0.567. The van der Waals surface area contributed by atoms with E-state index in [9.17, 15) is 0 Å². The summed E-state index contributed by atoms with van der Waals surface area (Å²) in [4.78, 5) is 6.63. The zero-order chi connectivity index (χ0) is 20.9. The molecule has 0 radical (unpaired) electrons. The normalized spacial score (nSPS) is 14.9. The minimum Gasteiger partial charge on any atom is -0.492 e. The molecule has 1 fully saturated rings. The van der Waals surface area contributed by atoms with E-state index in [1.807, 2.05) is 42.5 Å². The summed E-state index contributed by atoms with van der Waals surface area (Å²) in [6.45, 7) is 7.10. The molecule has 0 atom stereocenters. The van der Waals surface area contributed by atoms with Crippen LogP contribution in [-0.2, 0) is 11.3 Å². The van der Waals surface area contributed by atoms with Gasteiger partial charge in [-0.25, -0.2) is 0 Å². The van der Waals surface area contributed by atoms with Gasteiger partial charge in [-0.1, -0.05) is 30.3 Å². The fourth-order valence-electron chi connectivity index (χ4n) is 3.12. The van der Waals surface area contributed by atoms with Crippen molar-refractivity contribution in [1.29, 1.82) is 0 Å². The Morgan fingerprint density at radius 1 is 0.967 bits per heavy atom. The number of ether oxygens (including phenoxy) is 3. The maximum atomic E-state index is 5.93. The number of benzene rings is 2. The maximum Gasteiger partial charge on any atom is 0.191 e. The summed E-state index contributed by atoms with van der Waals surface area (Å²) in [5.41, 5.74) is 1.14. The zero-order valence-corrected chi connectivity index (χ0v) is 17.7. The van der Waals surface area contributed by atoms with Crippen molar-refractivity contribution >= 4 is 5.96 Å². The first-order chi connectivity index (χ1) is 14.8. The van der Waals surface area contributed by atoms with Gasteiger partial charge in [-0.05, 0) is 29.8 Å². The molecule has 0 saturated carbocycles. The van der Waals surface area contributed by atoms with E-state index < -0.39 is 0 Å². The largest absolute Gasteiger partial charge is 0.492 e. The number of hydrogen-bond donors (Lipinski definition) is 2. The first kappa shape index (κ1) is 21.9. The molecule has 30 heavy (non-hydrogen) atoms. The third kappa shape index (κ3) is 7.93. The van der Waals surface area contributed by atoms with Gasteiger partial charge in [0.25, 0.3) is 0 Å². The van der Waals surface area contributed by atoms with Crippen LogP contribution in [0.25, 0.3) is 0 Å². The van der Waals surface area contributed by atoms with Crippen molar-refractivity contribution in [3.8, 4) is 11.5 Å². The standard InChI is InChI=1S/C23H32N4O3/c1-24-23(25-10-14-29-21-7-3-2-4-8-21)26-19-20-6-5-9-22(18-20)30-17-13-27-11-15-28-16-12-27/h2-9,18H,10-17,19H2,1H3,(H2,24,25,26).